The van der Waals surface area contributed by atoms with Crippen molar-refractivity contribution in [2.24, 2.45) is 11.8 Å². The standard InChI is InChI=1S/C19H25NO6/c1-9-13-11-7-10(18(23)24-11)14(20-5-3-4-6-20)15(21)16-19(2,26-16)8-12(13)25-17(9)22/h7,9,11-16,21H,3-6,8H2,1-2H3/t9?,11-,12+,13+,14+,15-,16+,19+/m1/s1. The van der Waals surface area contributed by atoms with E-state index in [-0.39, 0.29) is 36.0 Å². The number of likely N-dealkylation sites (tertiary alicyclic amines) is 1. The highest BCUT2D eigenvalue weighted by Gasteiger charge is 2.64. The van der Waals surface area contributed by atoms with Gasteiger partial charge < -0.3 is 19.3 Å². The third-order valence-corrected chi connectivity index (χ3v) is 6.88. The third kappa shape index (κ3) is 2.30. The van der Waals surface area contributed by atoms with Crippen LogP contribution in [0.1, 0.15) is 33.1 Å². The topological polar surface area (TPSA) is 88.6 Å². The van der Waals surface area contributed by atoms with Gasteiger partial charge in [0.2, 0.25) is 0 Å². The molecule has 0 spiro atoms. The van der Waals surface area contributed by atoms with Crippen LogP contribution in [0.5, 0.6) is 0 Å². The molecule has 7 heteroatoms. The van der Waals surface area contributed by atoms with E-state index in [1.54, 1.807) is 0 Å². The fraction of sp³-hybridized carbons (Fsp3) is 0.789. The first-order chi connectivity index (χ1) is 12.4. The molecular weight excluding hydrogens is 338 g/mol. The first-order valence-corrected chi connectivity index (χ1v) is 9.62. The molecular formula is C19H25NO6. The Kier molecular flexibility index (Phi) is 3.56. The average Bonchev–Trinajstić information content (AvgIpc) is 2.96. The van der Waals surface area contributed by atoms with Crippen molar-refractivity contribution < 1.29 is 28.9 Å². The predicted octanol–water partition coefficient (Wildman–Crippen LogP) is 0.402. The Labute approximate surface area is 152 Å². The average molecular weight is 363 g/mol. The molecule has 0 amide bonds. The molecule has 3 fully saturated rings. The van der Waals surface area contributed by atoms with Crippen molar-refractivity contribution in [3.05, 3.63) is 11.6 Å². The second kappa shape index (κ2) is 5.53. The maximum absolute atomic E-state index is 12.7. The van der Waals surface area contributed by atoms with E-state index in [0.29, 0.717) is 12.0 Å². The smallest absolute Gasteiger partial charge is 0.336 e. The molecule has 2 bridgehead atoms. The van der Waals surface area contributed by atoms with Crippen LogP contribution in [0.2, 0.25) is 0 Å². The van der Waals surface area contributed by atoms with Gasteiger partial charge >= 0.3 is 11.9 Å². The van der Waals surface area contributed by atoms with Crippen LogP contribution in [0, 0.1) is 11.8 Å². The van der Waals surface area contributed by atoms with E-state index in [0.717, 1.165) is 25.9 Å². The molecule has 1 unspecified atom stereocenters. The zero-order valence-electron chi connectivity index (χ0n) is 15.1. The number of hydrogen-bond donors (Lipinski definition) is 1. The summed E-state index contributed by atoms with van der Waals surface area (Å²) < 4.78 is 17.2. The van der Waals surface area contributed by atoms with Gasteiger partial charge in [-0.05, 0) is 38.9 Å². The van der Waals surface area contributed by atoms with Crippen LogP contribution in [-0.2, 0) is 23.8 Å². The predicted molar refractivity (Wildman–Crippen MR) is 89.0 cm³/mol. The van der Waals surface area contributed by atoms with Gasteiger partial charge in [-0.1, -0.05) is 6.92 Å². The quantitative estimate of drug-likeness (QED) is 0.533. The van der Waals surface area contributed by atoms with Gasteiger partial charge in [0, 0.05) is 12.3 Å². The number of fused-ring (bicyclic) bond motifs is 4. The number of rotatable bonds is 1. The van der Waals surface area contributed by atoms with Gasteiger partial charge in [-0.15, -0.1) is 0 Å². The first kappa shape index (κ1) is 16.7. The Morgan fingerprint density at radius 1 is 1.23 bits per heavy atom. The number of ether oxygens (including phenoxy) is 3. The van der Waals surface area contributed by atoms with E-state index >= 15 is 0 Å². The summed E-state index contributed by atoms with van der Waals surface area (Å²) in [6, 6.07) is -0.410. The number of nitrogens with zero attached hydrogens (tertiary/aromatic N) is 1. The van der Waals surface area contributed by atoms with Gasteiger partial charge in [-0.3, -0.25) is 9.69 Å². The number of hydrogen-bond acceptors (Lipinski definition) is 7. The minimum absolute atomic E-state index is 0.208. The van der Waals surface area contributed by atoms with Gasteiger partial charge in [-0.25, -0.2) is 4.79 Å². The van der Waals surface area contributed by atoms with Crippen molar-refractivity contribution >= 4 is 11.9 Å². The SMILES string of the molecule is CC1C(=O)O[C@H]2C[C@]3(C)O[C@H]3[C@H](O)[C@@H](N3CCCC3)C3=C[C@@H](OC3=O)[C@H]12. The molecule has 1 N–H and O–H groups in total. The van der Waals surface area contributed by atoms with Crippen LogP contribution >= 0.6 is 0 Å². The number of aliphatic hydroxyl groups is 1. The van der Waals surface area contributed by atoms with E-state index in [9.17, 15) is 14.7 Å². The molecule has 0 aromatic rings. The van der Waals surface area contributed by atoms with Crippen molar-refractivity contribution in [2.75, 3.05) is 13.1 Å². The van der Waals surface area contributed by atoms with Gasteiger partial charge in [0.05, 0.1) is 23.1 Å². The van der Waals surface area contributed by atoms with Crippen molar-refractivity contribution in [1.29, 1.82) is 0 Å². The van der Waals surface area contributed by atoms with Crippen molar-refractivity contribution in [3.63, 3.8) is 0 Å². The van der Waals surface area contributed by atoms with Gasteiger partial charge in [0.1, 0.15) is 24.4 Å². The molecule has 4 aliphatic heterocycles. The van der Waals surface area contributed by atoms with Crippen molar-refractivity contribution in [3.8, 4) is 0 Å². The van der Waals surface area contributed by atoms with Crippen molar-refractivity contribution in [1.82, 2.24) is 4.90 Å². The monoisotopic (exact) mass is 363 g/mol. The highest BCUT2D eigenvalue weighted by Crippen LogP contribution is 2.50. The second-order valence-corrected chi connectivity index (χ2v) is 8.57. The maximum atomic E-state index is 12.7. The van der Waals surface area contributed by atoms with Gasteiger partial charge in [-0.2, -0.15) is 0 Å². The zero-order valence-corrected chi connectivity index (χ0v) is 15.1. The molecule has 0 saturated carbocycles. The Hall–Kier alpha value is -1.44. The summed E-state index contributed by atoms with van der Waals surface area (Å²) >= 11 is 0. The summed E-state index contributed by atoms with van der Waals surface area (Å²) in [5, 5.41) is 11.1. The molecule has 3 saturated heterocycles. The number of carbonyl (C=O) groups excluding carboxylic acids is 2. The number of esters is 2. The number of carbonyl (C=O) groups is 2. The van der Waals surface area contributed by atoms with E-state index in [1.165, 1.54) is 0 Å². The minimum Gasteiger partial charge on any atom is -0.462 e. The Bertz CT molecular complexity index is 686. The maximum Gasteiger partial charge on any atom is 0.336 e. The van der Waals surface area contributed by atoms with E-state index in [4.69, 9.17) is 14.2 Å². The van der Waals surface area contributed by atoms with Gasteiger partial charge in [0.25, 0.3) is 0 Å². The fourth-order valence-electron chi connectivity index (χ4n) is 5.40. The van der Waals surface area contributed by atoms with Crippen LogP contribution in [0.25, 0.3) is 0 Å². The lowest BCUT2D eigenvalue weighted by atomic mass is 9.79. The molecule has 7 nitrogen and oxygen atoms in total. The fourth-order valence-corrected chi connectivity index (χ4v) is 5.40. The first-order valence-electron chi connectivity index (χ1n) is 9.62. The molecule has 0 aromatic carbocycles. The molecule has 0 aromatic heterocycles. The highest BCUT2D eigenvalue weighted by molar-refractivity contribution is 5.92. The summed E-state index contributed by atoms with van der Waals surface area (Å²) in [4.78, 5) is 27.0. The normalized spacial score (nSPS) is 50.6. The molecule has 4 heterocycles. The summed E-state index contributed by atoms with van der Waals surface area (Å²) in [7, 11) is 0. The zero-order chi connectivity index (χ0) is 18.2. The van der Waals surface area contributed by atoms with Crippen LogP contribution in [-0.4, -0.2) is 71.1 Å². The highest BCUT2D eigenvalue weighted by atomic mass is 16.6. The minimum atomic E-state index is -0.804. The molecule has 5 aliphatic rings. The summed E-state index contributed by atoms with van der Waals surface area (Å²) in [6.45, 7) is 5.49. The summed E-state index contributed by atoms with van der Waals surface area (Å²) in [6.07, 6.45) is 2.44. The molecule has 0 radical (unpaired) electrons. The van der Waals surface area contributed by atoms with E-state index in [2.05, 4.69) is 4.90 Å². The van der Waals surface area contributed by atoms with Crippen LogP contribution in [0.15, 0.2) is 11.6 Å². The third-order valence-electron chi connectivity index (χ3n) is 6.88. The Morgan fingerprint density at radius 2 is 1.96 bits per heavy atom. The molecule has 5 rings (SSSR count). The Morgan fingerprint density at radius 3 is 2.69 bits per heavy atom. The lowest BCUT2D eigenvalue weighted by molar-refractivity contribution is -0.144. The summed E-state index contributed by atoms with van der Waals surface area (Å²) in [5.41, 5.74) is -0.0279. The van der Waals surface area contributed by atoms with E-state index < -0.39 is 23.9 Å². The number of epoxide rings is 1. The van der Waals surface area contributed by atoms with Crippen molar-refractivity contribution in [2.45, 2.75) is 69.2 Å². The lowest BCUT2D eigenvalue weighted by Gasteiger charge is -2.31. The second-order valence-electron chi connectivity index (χ2n) is 8.57. The largest absolute Gasteiger partial charge is 0.462 e. The molecule has 26 heavy (non-hydrogen) atoms. The molecule has 8 atom stereocenters. The lowest BCUT2D eigenvalue weighted by Crippen LogP contribution is -2.48. The van der Waals surface area contributed by atoms with Crippen LogP contribution in [0.3, 0.4) is 0 Å². The molecule has 142 valence electrons. The Balaban J connectivity index is 1.57. The van der Waals surface area contributed by atoms with Gasteiger partial charge in [0.15, 0.2) is 0 Å². The van der Waals surface area contributed by atoms with Crippen LogP contribution < -0.4 is 0 Å². The van der Waals surface area contributed by atoms with Crippen LogP contribution in [0.4, 0.5) is 0 Å². The number of aliphatic hydroxyl groups excluding tert-OH is 1. The molecule has 1 aliphatic carbocycles. The van der Waals surface area contributed by atoms with E-state index in [1.807, 2.05) is 19.9 Å². The summed E-state index contributed by atoms with van der Waals surface area (Å²) in [5.74, 6) is -1.18.